The summed E-state index contributed by atoms with van der Waals surface area (Å²) in [5.74, 6) is 0. The van der Waals surface area contributed by atoms with E-state index in [-0.39, 0.29) is 0 Å². The minimum Gasteiger partial charge on any atom is -0.309 e. The second-order valence-electron chi connectivity index (χ2n) is 16.1. The predicted molar refractivity (Wildman–Crippen MR) is 268 cm³/mol. The molecule has 12 rings (SSSR count). The number of rotatable bonds is 7. The van der Waals surface area contributed by atoms with Crippen LogP contribution in [-0.2, 0) is 0 Å². The normalized spacial score (nSPS) is 11.5. The van der Waals surface area contributed by atoms with Crippen molar-refractivity contribution >= 4 is 80.9 Å². The topological polar surface area (TPSA) is 3.24 Å². The fourth-order valence-electron chi connectivity index (χ4n) is 9.32. The first kappa shape index (κ1) is 36.1. The van der Waals surface area contributed by atoms with Gasteiger partial charge in [-0.15, -0.1) is 11.3 Å². The molecule has 0 spiro atoms. The minimum atomic E-state index is 1.11. The fourth-order valence-corrected chi connectivity index (χ4v) is 10.7. The van der Waals surface area contributed by atoms with Gasteiger partial charge in [-0.25, -0.2) is 0 Å². The van der Waals surface area contributed by atoms with E-state index in [0.29, 0.717) is 0 Å². The van der Waals surface area contributed by atoms with Crippen LogP contribution in [0.25, 0.3) is 97.0 Å². The van der Waals surface area contributed by atoms with E-state index in [0.717, 1.165) is 17.1 Å². The van der Waals surface area contributed by atoms with Gasteiger partial charge in [0.1, 0.15) is 0 Å². The maximum Gasteiger partial charge on any atom is 0.0640 e. The van der Waals surface area contributed by atoms with Crippen molar-refractivity contribution in [3.63, 3.8) is 0 Å². The van der Waals surface area contributed by atoms with E-state index in [1.54, 1.807) is 0 Å². The molecule has 1 heterocycles. The van der Waals surface area contributed by atoms with Gasteiger partial charge in [0.05, 0.1) is 10.4 Å². The van der Waals surface area contributed by atoms with Gasteiger partial charge in [0, 0.05) is 26.8 Å². The van der Waals surface area contributed by atoms with Crippen molar-refractivity contribution in [3.8, 4) is 44.5 Å². The summed E-state index contributed by atoms with van der Waals surface area (Å²) in [5.41, 5.74) is 13.1. The van der Waals surface area contributed by atoms with Gasteiger partial charge in [0.25, 0.3) is 0 Å². The summed E-state index contributed by atoms with van der Waals surface area (Å²) in [6, 6.07) is 86.7. The molecule has 0 aliphatic carbocycles. The standard InChI is InChI=1S/C60H39NS/c1-2-13-42(14-3-1)55-22-10-23-56-57-24-11-25-58(60(57)62-59(55)56)61(51-33-30-41(31-34-51)48-28-26-40-12-4-5-16-44(40)36-48)52-20-9-19-47(39-52)45-17-8-18-46(37-45)49-32-35-54-50(38-49)29-27-43-15-6-7-21-53(43)54/h1-39H. The van der Waals surface area contributed by atoms with Crippen molar-refractivity contribution in [3.05, 3.63) is 237 Å². The molecule has 0 atom stereocenters. The van der Waals surface area contributed by atoms with Crippen LogP contribution in [0.15, 0.2) is 237 Å². The number of anilines is 3. The molecule has 11 aromatic carbocycles. The van der Waals surface area contributed by atoms with Gasteiger partial charge in [-0.2, -0.15) is 0 Å². The molecule has 0 saturated heterocycles. The van der Waals surface area contributed by atoms with Crippen LogP contribution in [0.2, 0.25) is 0 Å². The highest BCUT2D eigenvalue weighted by Gasteiger charge is 2.20. The molecule has 0 N–H and O–H groups in total. The van der Waals surface area contributed by atoms with E-state index in [9.17, 15) is 0 Å². The van der Waals surface area contributed by atoms with Crippen molar-refractivity contribution in [1.82, 2.24) is 0 Å². The molecule has 0 radical (unpaired) electrons. The average Bonchev–Trinajstić information content (AvgIpc) is 3.74. The van der Waals surface area contributed by atoms with Crippen LogP contribution >= 0.6 is 11.3 Å². The third-order valence-electron chi connectivity index (χ3n) is 12.4. The zero-order chi connectivity index (χ0) is 41.0. The highest BCUT2D eigenvalue weighted by Crippen LogP contribution is 2.48. The summed E-state index contributed by atoms with van der Waals surface area (Å²) in [7, 11) is 0. The molecule has 290 valence electrons. The van der Waals surface area contributed by atoms with Crippen molar-refractivity contribution in [2.75, 3.05) is 4.90 Å². The third-order valence-corrected chi connectivity index (χ3v) is 13.7. The summed E-state index contributed by atoms with van der Waals surface area (Å²) in [6.07, 6.45) is 0. The van der Waals surface area contributed by atoms with Gasteiger partial charge < -0.3 is 4.90 Å². The number of thiophene rings is 1. The number of benzene rings is 11. The van der Waals surface area contributed by atoms with Crippen LogP contribution in [0.1, 0.15) is 0 Å². The van der Waals surface area contributed by atoms with E-state index in [4.69, 9.17) is 0 Å². The monoisotopic (exact) mass is 805 g/mol. The first-order valence-corrected chi connectivity index (χ1v) is 22.0. The lowest BCUT2D eigenvalue weighted by atomic mass is 9.95. The lowest BCUT2D eigenvalue weighted by molar-refractivity contribution is 1.30. The van der Waals surface area contributed by atoms with Gasteiger partial charge in [0.15, 0.2) is 0 Å². The Kier molecular flexibility index (Phi) is 8.76. The largest absolute Gasteiger partial charge is 0.309 e. The molecule has 0 fully saturated rings. The molecule has 1 nitrogen and oxygen atoms in total. The highest BCUT2D eigenvalue weighted by atomic mass is 32.1. The Morgan fingerprint density at radius 2 is 0.790 bits per heavy atom. The molecular weight excluding hydrogens is 767 g/mol. The van der Waals surface area contributed by atoms with Crippen molar-refractivity contribution in [1.29, 1.82) is 0 Å². The molecule has 0 aliphatic heterocycles. The molecule has 0 amide bonds. The molecule has 1 aromatic heterocycles. The molecule has 12 aromatic rings. The van der Waals surface area contributed by atoms with Gasteiger partial charge in [-0.3, -0.25) is 0 Å². The van der Waals surface area contributed by atoms with Crippen molar-refractivity contribution < 1.29 is 0 Å². The number of hydrogen-bond acceptors (Lipinski definition) is 2. The Hall–Kier alpha value is -7.78. The van der Waals surface area contributed by atoms with Crippen LogP contribution in [0.5, 0.6) is 0 Å². The summed E-state index contributed by atoms with van der Waals surface area (Å²) in [4.78, 5) is 2.45. The Morgan fingerprint density at radius 1 is 0.258 bits per heavy atom. The Balaban J connectivity index is 0.986. The molecule has 0 unspecified atom stereocenters. The molecular formula is C60H39NS. The van der Waals surface area contributed by atoms with Gasteiger partial charge in [-0.05, 0) is 125 Å². The first-order valence-electron chi connectivity index (χ1n) is 21.2. The van der Waals surface area contributed by atoms with E-state index in [1.807, 2.05) is 11.3 Å². The van der Waals surface area contributed by atoms with E-state index < -0.39 is 0 Å². The van der Waals surface area contributed by atoms with E-state index >= 15 is 0 Å². The third kappa shape index (κ3) is 6.32. The predicted octanol–water partition coefficient (Wildman–Crippen LogP) is 17.7. The Morgan fingerprint density at radius 3 is 1.63 bits per heavy atom. The molecule has 2 heteroatoms. The summed E-state index contributed by atoms with van der Waals surface area (Å²) >= 11 is 1.89. The van der Waals surface area contributed by atoms with Crippen molar-refractivity contribution in [2.45, 2.75) is 0 Å². The SMILES string of the molecule is c1ccc(-c2cccc3c2sc2c(N(c4ccc(-c5ccc6ccccc6c5)cc4)c4cccc(-c5cccc(-c6ccc7c(ccc8ccccc87)c6)c5)c4)cccc23)cc1. The van der Waals surface area contributed by atoms with Crippen LogP contribution < -0.4 is 4.90 Å². The quantitative estimate of drug-likeness (QED) is 0.145. The maximum atomic E-state index is 2.45. The summed E-state index contributed by atoms with van der Waals surface area (Å²) < 4.78 is 2.57. The summed E-state index contributed by atoms with van der Waals surface area (Å²) in [5, 5.41) is 10.1. The minimum absolute atomic E-state index is 1.11. The zero-order valence-corrected chi connectivity index (χ0v) is 34.7. The van der Waals surface area contributed by atoms with Crippen LogP contribution in [0.4, 0.5) is 17.1 Å². The highest BCUT2D eigenvalue weighted by molar-refractivity contribution is 7.27. The second kappa shape index (κ2) is 15.0. The molecule has 0 aliphatic rings. The second-order valence-corrected chi connectivity index (χ2v) is 17.1. The Labute approximate surface area is 365 Å². The smallest absolute Gasteiger partial charge is 0.0640 e. The lowest BCUT2D eigenvalue weighted by Crippen LogP contribution is -2.10. The number of nitrogens with zero attached hydrogens (tertiary/aromatic N) is 1. The van der Waals surface area contributed by atoms with Gasteiger partial charge >= 0.3 is 0 Å². The van der Waals surface area contributed by atoms with Crippen LogP contribution in [-0.4, -0.2) is 0 Å². The van der Waals surface area contributed by atoms with E-state index in [1.165, 1.54) is 97.0 Å². The average molecular weight is 806 g/mol. The van der Waals surface area contributed by atoms with Gasteiger partial charge in [-0.1, -0.05) is 188 Å². The molecule has 62 heavy (non-hydrogen) atoms. The van der Waals surface area contributed by atoms with Crippen LogP contribution in [0.3, 0.4) is 0 Å². The Bertz CT molecular complexity index is 3640. The zero-order valence-electron chi connectivity index (χ0n) is 33.9. The fraction of sp³-hybridized carbons (Fsp3) is 0. The summed E-state index contributed by atoms with van der Waals surface area (Å²) in [6.45, 7) is 0. The number of hydrogen-bond donors (Lipinski definition) is 0. The van der Waals surface area contributed by atoms with Crippen LogP contribution in [0, 0.1) is 0 Å². The van der Waals surface area contributed by atoms with Crippen molar-refractivity contribution in [2.24, 2.45) is 0 Å². The number of fused-ring (bicyclic) bond motifs is 7. The molecule has 0 bridgehead atoms. The lowest BCUT2D eigenvalue weighted by Gasteiger charge is -2.27. The molecule has 0 saturated carbocycles. The first-order chi connectivity index (χ1) is 30.7. The van der Waals surface area contributed by atoms with E-state index in [2.05, 4.69) is 241 Å². The maximum absolute atomic E-state index is 2.45. The van der Waals surface area contributed by atoms with Gasteiger partial charge in [0.2, 0.25) is 0 Å².